The van der Waals surface area contributed by atoms with Gasteiger partial charge in [0.15, 0.2) is 6.61 Å². The molecule has 2 N–H and O–H groups in total. The predicted octanol–water partition coefficient (Wildman–Crippen LogP) is 5.93. The molecule has 0 heterocycles. The van der Waals surface area contributed by atoms with Gasteiger partial charge in [-0.25, -0.2) is 0 Å². The molecule has 0 bridgehead atoms. The van der Waals surface area contributed by atoms with E-state index in [1.807, 2.05) is 24.3 Å². The van der Waals surface area contributed by atoms with E-state index >= 15 is 0 Å². The maximum Gasteiger partial charge on any atom is 0.262 e. The molecule has 0 radical (unpaired) electrons. The van der Waals surface area contributed by atoms with Gasteiger partial charge in [-0.3, -0.25) is 4.79 Å². The standard InChI is InChI=1S/C22H20Cl2N2O2/c1-15-6-9-17(10-7-15)25-13-16-8-11-21(19(24)12-16)28-14-22(27)26-20-5-3-2-4-18(20)23/h2-12,25H,13-14H2,1H3,(H,26,27). The van der Waals surface area contributed by atoms with Crippen LogP contribution >= 0.6 is 23.2 Å². The fourth-order valence-electron chi connectivity index (χ4n) is 2.54. The third-order valence-corrected chi connectivity index (χ3v) is 4.68. The van der Waals surface area contributed by atoms with Crippen LogP contribution in [0.1, 0.15) is 11.1 Å². The summed E-state index contributed by atoms with van der Waals surface area (Å²) in [5.74, 6) is 0.143. The van der Waals surface area contributed by atoms with E-state index in [-0.39, 0.29) is 12.5 Å². The Balaban J connectivity index is 1.53. The molecule has 4 nitrogen and oxygen atoms in total. The second-order valence-electron chi connectivity index (χ2n) is 6.30. The molecular formula is C22H20Cl2N2O2. The first-order valence-electron chi connectivity index (χ1n) is 8.77. The lowest BCUT2D eigenvalue weighted by molar-refractivity contribution is -0.118. The Morgan fingerprint density at radius 2 is 1.71 bits per heavy atom. The minimum absolute atomic E-state index is 0.161. The molecule has 0 saturated heterocycles. The third kappa shape index (κ3) is 5.65. The number of anilines is 2. The van der Waals surface area contributed by atoms with Gasteiger partial charge >= 0.3 is 0 Å². The molecule has 0 atom stereocenters. The molecule has 1 amide bonds. The summed E-state index contributed by atoms with van der Waals surface area (Å²) in [5.41, 5.74) is 3.81. The number of carbonyl (C=O) groups excluding carboxylic acids is 1. The number of amides is 1. The van der Waals surface area contributed by atoms with Crippen molar-refractivity contribution in [3.63, 3.8) is 0 Å². The summed E-state index contributed by atoms with van der Waals surface area (Å²) in [5, 5.41) is 6.97. The van der Waals surface area contributed by atoms with E-state index in [9.17, 15) is 4.79 Å². The van der Waals surface area contributed by atoms with Gasteiger partial charge in [0.25, 0.3) is 5.91 Å². The van der Waals surface area contributed by atoms with Crippen molar-refractivity contribution in [2.24, 2.45) is 0 Å². The van der Waals surface area contributed by atoms with Crippen LogP contribution in [0.5, 0.6) is 5.75 Å². The van der Waals surface area contributed by atoms with Gasteiger partial charge in [0.2, 0.25) is 0 Å². The van der Waals surface area contributed by atoms with Crippen LogP contribution in [0.15, 0.2) is 66.7 Å². The van der Waals surface area contributed by atoms with Crippen LogP contribution in [-0.2, 0) is 11.3 Å². The van der Waals surface area contributed by atoms with Gasteiger partial charge in [0.1, 0.15) is 5.75 Å². The van der Waals surface area contributed by atoms with Gasteiger partial charge in [-0.2, -0.15) is 0 Å². The van der Waals surface area contributed by atoms with Crippen LogP contribution in [0.3, 0.4) is 0 Å². The van der Waals surface area contributed by atoms with Crippen molar-refractivity contribution in [1.82, 2.24) is 0 Å². The zero-order valence-corrected chi connectivity index (χ0v) is 16.8. The minimum atomic E-state index is -0.311. The summed E-state index contributed by atoms with van der Waals surface area (Å²) in [4.78, 5) is 12.1. The first-order valence-corrected chi connectivity index (χ1v) is 9.53. The average Bonchev–Trinajstić information content (AvgIpc) is 2.68. The van der Waals surface area contributed by atoms with E-state index < -0.39 is 0 Å². The van der Waals surface area contributed by atoms with E-state index in [1.165, 1.54) is 5.56 Å². The Labute approximate surface area is 174 Å². The van der Waals surface area contributed by atoms with Crippen molar-refractivity contribution in [3.8, 4) is 5.75 Å². The highest BCUT2D eigenvalue weighted by atomic mass is 35.5. The first kappa shape index (κ1) is 20.1. The van der Waals surface area contributed by atoms with Crippen LogP contribution in [-0.4, -0.2) is 12.5 Å². The average molecular weight is 415 g/mol. The smallest absolute Gasteiger partial charge is 0.262 e. The number of aryl methyl sites for hydroxylation is 1. The summed E-state index contributed by atoms with van der Waals surface area (Å²) in [7, 11) is 0. The highest BCUT2D eigenvalue weighted by molar-refractivity contribution is 6.33. The molecule has 28 heavy (non-hydrogen) atoms. The van der Waals surface area contributed by atoms with Crippen LogP contribution in [0, 0.1) is 6.92 Å². The van der Waals surface area contributed by atoms with Crippen molar-refractivity contribution in [2.45, 2.75) is 13.5 Å². The van der Waals surface area contributed by atoms with Crippen LogP contribution in [0.4, 0.5) is 11.4 Å². The first-order chi connectivity index (χ1) is 13.5. The van der Waals surface area contributed by atoms with Gasteiger partial charge in [-0.1, -0.05) is 59.1 Å². The Hall–Kier alpha value is -2.69. The molecular weight excluding hydrogens is 395 g/mol. The quantitative estimate of drug-likeness (QED) is 0.503. The van der Waals surface area contributed by atoms with Crippen LogP contribution < -0.4 is 15.4 Å². The molecule has 0 fully saturated rings. The van der Waals surface area contributed by atoms with Crippen molar-refractivity contribution < 1.29 is 9.53 Å². The number of ether oxygens (including phenoxy) is 1. The summed E-state index contributed by atoms with van der Waals surface area (Å²) < 4.78 is 5.53. The predicted molar refractivity (Wildman–Crippen MR) is 116 cm³/mol. The van der Waals surface area contributed by atoms with Crippen LogP contribution in [0.25, 0.3) is 0 Å². The largest absolute Gasteiger partial charge is 0.482 e. The topological polar surface area (TPSA) is 50.4 Å². The Kier molecular flexibility index (Phi) is 6.80. The number of hydrogen-bond acceptors (Lipinski definition) is 3. The van der Waals surface area contributed by atoms with Gasteiger partial charge in [0, 0.05) is 12.2 Å². The van der Waals surface area contributed by atoms with Gasteiger partial charge in [-0.15, -0.1) is 0 Å². The van der Waals surface area contributed by atoms with E-state index in [2.05, 4.69) is 29.7 Å². The van der Waals surface area contributed by atoms with Gasteiger partial charge in [-0.05, 0) is 48.9 Å². The molecule has 3 rings (SSSR count). The number of halogens is 2. The van der Waals surface area contributed by atoms with E-state index in [0.29, 0.717) is 28.0 Å². The van der Waals surface area contributed by atoms with E-state index in [4.69, 9.17) is 27.9 Å². The lowest BCUT2D eigenvalue weighted by Gasteiger charge is -2.11. The highest BCUT2D eigenvalue weighted by Gasteiger charge is 2.09. The van der Waals surface area contributed by atoms with Gasteiger partial charge < -0.3 is 15.4 Å². The maximum absolute atomic E-state index is 12.1. The number of para-hydroxylation sites is 1. The number of rotatable bonds is 7. The SMILES string of the molecule is Cc1ccc(NCc2ccc(OCC(=O)Nc3ccccc3Cl)c(Cl)c2)cc1. The molecule has 0 aromatic heterocycles. The number of hydrogen-bond donors (Lipinski definition) is 2. The van der Waals surface area contributed by atoms with Crippen LogP contribution in [0.2, 0.25) is 10.0 Å². The summed E-state index contributed by atoms with van der Waals surface area (Å²) in [6, 6.07) is 20.7. The molecule has 3 aromatic carbocycles. The Morgan fingerprint density at radius 1 is 0.964 bits per heavy atom. The molecule has 3 aromatic rings. The van der Waals surface area contributed by atoms with Gasteiger partial charge in [0.05, 0.1) is 15.7 Å². The molecule has 0 aliphatic heterocycles. The van der Waals surface area contributed by atoms with Crippen molar-refractivity contribution in [2.75, 3.05) is 17.2 Å². The minimum Gasteiger partial charge on any atom is -0.482 e. The maximum atomic E-state index is 12.1. The lowest BCUT2D eigenvalue weighted by Crippen LogP contribution is -2.20. The van der Waals surface area contributed by atoms with Crippen molar-refractivity contribution >= 4 is 40.5 Å². The molecule has 0 saturated carbocycles. The second kappa shape index (κ2) is 9.49. The molecule has 6 heteroatoms. The molecule has 144 valence electrons. The van der Waals surface area contributed by atoms with E-state index in [1.54, 1.807) is 30.3 Å². The lowest BCUT2D eigenvalue weighted by atomic mass is 10.2. The summed E-state index contributed by atoms with van der Waals surface area (Å²) >= 11 is 12.3. The number of carbonyl (C=O) groups is 1. The van der Waals surface area contributed by atoms with E-state index in [0.717, 1.165) is 11.3 Å². The zero-order chi connectivity index (χ0) is 19.9. The fourth-order valence-corrected chi connectivity index (χ4v) is 2.98. The second-order valence-corrected chi connectivity index (χ2v) is 7.12. The molecule has 0 aliphatic carbocycles. The fraction of sp³-hybridized carbons (Fsp3) is 0.136. The molecule has 0 unspecified atom stereocenters. The normalized spacial score (nSPS) is 10.4. The Bertz CT molecular complexity index is 959. The highest BCUT2D eigenvalue weighted by Crippen LogP contribution is 2.26. The Morgan fingerprint density at radius 3 is 2.43 bits per heavy atom. The third-order valence-electron chi connectivity index (χ3n) is 4.05. The number of nitrogens with one attached hydrogen (secondary N) is 2. The van der Waals surface area contributed by atoms with Crippen molar-refractivity contribution in [1.29, 1.82) is 0 Å². The monoisotopic (exact) mass is 414 g/mol. The summed E-state index contributed by atoms with van der Waals surface area (Å²) in [6.45, 7) is 2.53. The zero-order valence-electron chi connectivity index (χ0n) is 15.3. The van der Waals surface area contributed by atoms with Crippen molar-refractivity contribution in [3.05, 3.63) is 87.9 Å². The molecule has 0 spiro atoms. The molecule has 0 aliphatic rings. The number of benzene rings is 3. The summed E-state index contributed by atoms with van der Waals surface area (Å²) in [6.07, 6.45) is 0.